The monoisotopic (exact) mass is 290 g/mol. The van der Waals surface area contributed by atoms with Gasteiger partial charge in [0.25, 0.3) is 5.91 Å². The predicted octanol–water partition coefficient (Wildman–Crippen LogP) is 1.56. The van der Waals surface area contributed by atoms with E-state index in [0.29, 0.717) is 12.0 Å². The highest BCUT2D eigenvalue weighted by molar-refractivity contribution is 5.94. The minimum absolute atomic E-state index is 0.132. The maximum Gasteiger partial charge on any atom is 0.311 e. The number of carbonyl (C=O) groups is 2. The molecule has 0 saturated heterocycles. The number of carbonyl (C=O) groups excluding carboxylic acids is 1. The second kappa shape index (κ2) is 6.26. The van der Waals surface area contributed by atoms with Crippen molar-refractivity contribution in [3.63, 3.8) is 0 Å². The summed E-state index contributed by atoms with van der Waals surface area (Å²) >= 11 is 0. The normalized spacial score (nSPS) is 16.7. The fourth-order valence-corrected chi connectivity index (χ4v) is 2.35. The lowest BCUT2D eigenvalue weighted by atomic mass is 9.87. The van der Waals surface area contributed by atoms with Crippen molar-refractivity contribution in [3.05, 3.63) is 34.9 Å². The molecule has 1 aromatic rings. The van der Waals surface area contributed by atoms with Gasteiger partial charge in [0.2, 0.25) is 0 Å². The van der Waals surface area contributed by atoms with Crippen molar-refractivity contribution in [1.82, 2.24) is 10.6 Å². The first-order valence-electron chi connectivity index (χ1n) is 7.30. The van der Waals surface area contributed by atoms with Gasteiger partial charge in [-0.1, -0.05) is 13.0 Å². The molecule has 0 saturated carbocycles. The molecule has 5 nitrogen and oxygen atoms in total. The van der Waals surface area contributed by atoms with Gasteiger partial charge in [-0.15, -0.1) is 0 Å². The number of nitrogens with one attached hydrogen (secondary N) is 2. The van der Waals surface area contributed by atoms with Crippen LogP contribution in [0.15, 0.2) is 18.2 Å². The Morgan fingerprint density at radius 2 is 2.14 bits per heavy atom. The third-order valence-corrected chi connectivity index (χ3v) is 4.29. The molecular weight excluding hydrogens is 268 g/mol. The van der Waals surface area contributed by atoms with Gasteiger partial charge in [-0.3, -0.25) is 9.59 Å². The van der Waals surface area contributed by atoms with Crippen molar-refractivity contribution in [1.29, 1.82) is 0 Å². The van der Waals surface area contributed by atoms with Gasteiger partial charge in [0.05, 0.1) is 5.41 Å². The van der Waals surface area contributed by atoms with Gasteiger partial charge in [-0.05, 0) is 49.6 Å². The molecule has 0 aliphatic carbocycles. The van der Waals surface area contributed by atoms with Crippen molar-refractivity contribution in [2.24, 2.45) is 5.41 Å². The molecule has 5 heteroatoms. The summed E-state index contributed by atoms with van der Waals surface area (Å²) < 4.78 is 0. The lowest BCUT2D eigenvalue weighted by Gasteiger charge is -2.23. The van der Waals surface area contributed by atoms with E-state index in [9.17, 15) is 14.7 Å². The number of rotatable bonds is 5. The van der Waals surface area contributed by atoms with Gasteiger partial charge in [0.15, 0.2) is 0 Å². The Morgan fingerprint density at radius 3 is 2.81 bits per heavy atom. The molecule has 0 aromatic heterocycles. The molecule has 1 unspecified atom stereocenters. The minimum atomic E-state index is -0.925. The zero-order valence-corrected chi connectivity index (χ0v) is 12.5. The number of amides is 1. The first kappa shape index (κ1) is 15.5. The van der Waals surface area contributed by atoms with E-state index in [4.69, 9.17) is 0 Å². The van der Waals surface area contributed by atoms with Gasteiger partial charge in [-0.2, -0.15) is 0 Å². The SMILES string of the molecule is CCC(C)(CNC(=O)c1ccc2c(c1)CNCC2)C(=O)O. The third kappa shape index (κ3) is 3.42. The van der Waals surface area contributed by atoms with E-state index in [2.05, 4.69) is 10.6 Å². The van der Waals surface area contributed by atoms with E-state index in [-0.39, 0.29) is 12.5 Å². The largest absolute Gasteiger partial charge is 0.481 e. The van der Waals surface area contributed by atoms with Crippen molar-refractivity contribution in [2.45, 2.75) is 33.2 Å². The highest BCUT2D eigenvalue weighted by atomic mass is 16.4. The van der Waals surface area contributed by atoms with Crippen LogP contribution in [0.5, 0.6) is 0 Å². The Bertz CT molecular complexity index is 556. The predicted molar refractivity (Wildman–Crippen MR) is 80.2 cm³/mol. The van der Waals surface area contributed by atoms with Crippen LogP contribution >= 0.6 is 0 Å². The maximum absolute atomic E-state index is 12.2. The zero-order chi connectivity index (χ0) is 15.5. The molecule has 3 N–H and O–H groups in total. The number of benzene rings is 1. The fourth-order valence-electron chi connectivity index (χ4n) is 2.35. The number of hydrogen-bond acceptors (Lipinski definition) is 3. The van der Waals surface area contributed by atoms with Crippen molar-refractivity contribution in [2.75, 3.05) is 13.1 Å². The average Bonchev–Trinajstić information content (AvgIpc) is 2.51. The van der Waals surface area contributed by atoms with Gasteiger partial charge >= 0.3 is 5.97 Å². The molecule has 0 bridgehead atoms. The molecule has 2 rings (SSSR count). The molecule has 1 aromatic carbocycles. The summed E-state index contributed by atoms with van der Waals surface area (Å²) in [4.78, 5) is 23.4. The number of fused-ring (bicyclic) bond motifs is 1. The summed E-state index contributed by atoms with van der Waals surface area (Å²) in [5.74, 6) is -1.11. The van der Waals surface area contributed by atoms with E-state index in [1.165, 1.54) is 5.56 Å². The van der Waals surface area contributed by atoms with Crippen LogP contribution in [0.2, 0.25) is 0 Å². The Hall–Kier alpha value is -1.88. The van der Waals surface area contributed by atoms with Crippen LogP contribution in [0.25, 0.3) is 0 Å². The number of aliphatic carboxylic acids is 1. The Balaban J connectivity index is 2.05. The smallest absolute Gasteiger partial charge is 0.311 e. The summed E-state index contributed by atoms with van der Waals surface area (Å²) in [5, 5.41) is 15.2. The van der Waals surface area contributed by atoms with Crippen LogP contribution in [0, 0.1) is 5.41 Å². The van der Waals surface area contributed by atoms with E-state index in [0.717, 1.165) is 25.1 Å². The lowest BCUT2D eigenvalue weighted by molar-refractivity contribution is -0.147. The summed E-state index contributed by atoms with van der Waals surface area (Å²) in [6.07, 6.45) is 1.45. The van der Waals surface area contributed by atoms with E-state index in [1.807, 2.05) is 25.1 Å². The standard InChI is InChI=1S/C16H22N2O3/c1-3-16(2,15(20)21)10-18-14(19)12-5-4-11-6-7-17-9-13(11)8-12/h4-5,8,17H,3,6-7,9-10H2,1-2H3,(H,18,19)(H,20,21). The highest BCUT2D eigenvalue weighted by Gasteiger charge is 2.31. The number of carboxylic acid groups (broad SMARTS) is 1. The summed E-state index contributed by atoms with van der Waals surface area (Å²) in [7, 11) is 0. The molecular formula is C16H22N2O3. The minimum Gasteiger partial charge on any atom is -0.481 e. The second-order valence-corrected chi connectivity index (χ2v) is 5.81. The quantitative estimate of drug-likeness (QED) is 0.769. The molecule has 1 amide bonds. The third-order valence-electron chi connectivity index (χ3n) is 4.29. The molecule has 1 aliphatic heterocycles. The van der Waals surface area contributed by atoms with Crippen molar-refractivity contribution in [3.8, 4) is 0 Å². The van der Waals surface area contributed by atoms with Crippen LogP contribution in [-0.2, 0) is 17.8 Å². The van der Waals surface area contributed by atoms with Gasteiger partial charge < -0.3 is 15.7 Å². The van der Waals surface area contributed by atoms with Crippen LogP contribution in [-0.4, -0.2) is 30.1 Å². The molecule has 0 radical (unpaired) electrons. The molecule has 0 spiro atoms. The molecule has 21 heavy (non-hydrogen) atoms. The van der Waals surface area contributed by atoms with Crippen LogP contribution < -0.4 is 10.6 Å². The first-order valence-corrected chi connectivity index (χ1v) is 7.30. The molecule has 1 heterocycles. The topological polar surface area (TPSA) is 78.4 Å². The van der Waals surface area contributed by atoms with Gasteiger partial charge in [0.1, 0.15) is 0 Å². The Morgan fingerprint density at radius 1 is 1.38 bits per heavy atom. The molecule has 1 atom stereocenters. The van der Waals surface area contributed by atoms with E-state index < -0.39 is 11.4 Å². The van der Waals surface area contributed by atoms with Crippen LogP contribution in [0.3, 0.4) is 0 Å². The number of hydrogen-bond donors (Lipinski definition) is 3. The maximum atomic E-state index is 12.2. The Kier molecular flexibility index (Phi) is 4.63. The summed E-state index contributed by atoms with van der Waals surface area (Å²) in [6, 6.07) is 5.69. The molecule has 1 aliphatic rings. The van der Waals surface area contributed by atoms with Crippen LogP contribution in [0.4, 0.5) is 0 Å². The Labute approximate surface area is 124 Å². The zero-order valence-electron chi connectivity index (χ0n) is 12.5. The second-order valence-electron chi connectivity index (χ2n) is 5.81. The summed E-state index contributed by atoms with van der Waals surface area (Å²) in [5.41, 5.74) is 2.08. The lowest BCUT2D eigenvalue weighted by Crippen LogP contribution is -2.40. The number of carboxylic acids is 1. The average molecular weight is 290 g/mol. The van der Waals surface area contributed by atoms with Gasteiger partial charge in [0, 0.05) is 18.7 Å². The van der Waals surface area contributed by atoms with Crippen LogP contribution in [0.1, 0.15) is 41.8 Å². The molecule has 0 fully saturated rings. The van der Waals surface area contributed by atoms with Crippen molar-refractivity contribution < 1.29 is 14.7 Å². The summed E-state index contributed by atoms with van der Waals surface area (Å²) in [6.45, 7) is 5.33. The van der Waals surface area contributed by atoms with E-state index >= 15 is 0 Å². The van der Waals surface area contributed by atoms with Gasteiger partial charge in [-0.25, -0.2) is 0 Å². The highest BCUT2D eigenvalue weighted by Crippen LogP contribution is 2.20. The molecule has 114 valence electrons. The fraction of sp³-hybridized carbons (Fsp3) is 0.500. The first-order chi connectivity index (χ1) is 9.96. The van der Waals surface area contributed by atoms with Crippen molar-refractivity contribution >= 4 is 11.9 Å². The van der Waals surface area contributed by atoms with E-state index in [1.54, 1.807) is 6.92 Å².